The van der Waals surface area contributed by atoms with Crippen LogP contribution in [0.3, 0.4) is 0 Å². The van der Waals surface area contributed by atoms with Crippen LogP contribution in [0.4, 0.5) is 10.9 Å². The van der Waals surface area contributed by atoms with Gasteiger partial charge in [0.05, 0.1) is 12.6 Å². The minimum Gasteiger partial charge on any atom is -0.383 e. The number of hydrogen-bond acceptors (Lipinski definition) is 6. The molecule has 0 bridgehead atoms. The number of carbonyl (C=O) groups excluding carboxylic acids is 1. The van der Waals surface area contributed by atoms with Crippen molar-refractivity contribution < 1.29 is 9.53 Å². The van der Waals surface area contributed by atoms with Crippen LogP contribution >= 0.6 is 11.3 Å². The van der Waals surface area contributed by atoms with Gasteiger partial charge >= 0.3 is 0 Å². The summed E-state index contributed by atoms with van der Waals surface area (Å²) in [4.78, 5) is 18.5. The van der Waals surface area contributed by atoms with Crippen molar-refractivity contribution in [3.8, 4) is 0 Å². The Bertz CT molecular complexity index is 406. The molecule has 0 saturated heterocycles. The molecule has 0 saturated carbocycles. The van der Waals surface area contributed by atoms with Gasteiger partial charge in [0.2, 0.25) is 0 Å². The number of methoxy groups -OCH3 is 1. The smallest absolute Gasteiger partial charge is 0.265 e. The van der Waals surface area contributed by atoms with Gasteiger partial charge in [-0.15, -0.1) is 0 Å². The molecule has 0 aromatic carbocycles. The Morgan fingerprint density at radius 2 is 2.28 bits per heavy atom. The summed E-state index contributed by atoms with van der Waals surface area (Å²) in [6.07, 6.45) is 0.804. The van der Waals surface area contributed by atoms with Crippen molar-refractivity contribution in [3.63, 3.8) is 0 Å². The molecule has 102 valence electrons. The highest BCUT2D eigenvalue weighted by Gasteiger charge is 2.19. The van der Waals surface area contributed by atoms with Gasteiger partial charge in [0.15, 0.2) is 5.13 Å². The minimum absolute atomic E-state index is 0.00759. The summed E-state index contributed by atoms with van der Waals surface area (Å²) in [5.41, 5.74) is 5.75. The van der Waals surface area contributed by atoms with Crippen molar-refractivity contribution >= 4 is 28.2 Å². The number of aromatic nitrogens is 1. The Morgan fingerprint density at radius 1 is 1.61 bits per heavy atom. The van der Waals surface area contributed by atoms with Crippen molar-refractivity contribution in [3.05, 3.63) is 4.88 Å². The molecular weight excluding hydrogens is 252 g/mol. The second kappa shape index (κ2) is 6.55. The third-order valence-electron chi connectivity index (χ3n) is 2.43. The molecule has 1 heterocycles. The topological polar surface area (TPSA) is 80.5 Å². The van der Waals surface area contributed by atoms with Gasteiger partial charge in [-0.05, 0) is 6.42 Å². The molecule has 1 rings (SSSR count). The van der Waals surface area contributed by atoms with Crippen LogP contribution in [0.2, 0.25) is 0 Å². The summed E-state index contributed by atoms with van der Waals surface area (Å²) >= 11 is 1.28. The molecule has 0 fully saturated rings. The lowest BCUT2D eigenvalue weighted by Crippen LogP contribution is -2.37. The molecule has 0 aliphatic heterocycles. The van der Waals surface area contributed by atoms with Crippen LogP contribution in [0.1, 0.15) is 23.0 Å². The molecule has 1 atom stereocenters. The molecule has 1 amide bonds. The molecule has 0 radical (unpaired) electrons. The summed E-state index contributed by atoms with van der Waals surface area (Å²) in [7, 11) is 5.33. The van der Waals surface area contributed by atoms with Gasteiger partial charge in [-0.1, -0.05) is 18.3 Å². The summed E-state index contributed by atoms with van der Waals surface area (Å²) in [5, 5.41) is 3.60. The predicted molar refractivity (Wildman–Crippen MR) is 74.3 cm³/mol. The average Bonchev–Trinajstić information content (AvgIpc) is 2.71. The number of amides is 1. The lowest BCUT2D eigenvalue weighted by atomic mass is 10.2. The molecule has 1 aromatic rings. The lowest BCUT2D eigenvalue weighted by molar-refractivity contribution is 0.0899. The number of nitrogens with one attached hydrogen (secondary N) is 1. The molecule has 18 heavy (non-hydrogen) atoms. The standard InChI is InChI=1S/C11H20N4O2S/c1-5-7(6-17-4)13-10(16)8-9(12)14-11(18-8)15(2)3/h7H,5-6,12H2,1-4H3,(H,13,16). The zero-order valence-electron chi connectivity index (χ0n) is 11.2. The molecule has 0 aliphatic carbocycles. The first-order chi connectivity index (χ1) is 8.49. The Hall–Kier alpha value is -1.34. The quantitative estimate of drug-likeness (QED) is 0.806. The number of rotatable bonds is 6. The van der Waals surface area contributed by atoms with Crippen LogP contribution in [0.25, 0.3) is 0 Å². The molecule has 7 heteroatoms. The number of carbonyl (C=O) groups is 1. The zero-order chi connectivity index (χ0) is 13.7. The van der Waals surface area contributed by atoms with Crippen molar-refractivity contribution in [1.82, 2.24) is 10.3 Å². The second-order valence-electron chi connectivity index (χ2n) is 4.14. The molecule has 0 aliphatic rings. The van der Waals surface area contributed by atoms with E-state index in [1.807, 2.05) is 25.9 Å². The highest BCUT2D eigenvalue weighted by molar-refractivity contribution is 7.18. The molecule has 1 unspecified atom stereocenters. The van der Waals surface area contributed by atoms with E-state index >= 15 is 0 Å². The van der Waals surface area contributed by atoms with Crippen molar-refractivity contribution in [2.45, 2.75) is 19.4 Å². The third kappa shape index (κ3) is 3.58. The van der Waals surface area contributed by atoms with E-state index in [1.54, 1.807) is 7.11 Å². The van der Waals surface area contributed by atoms with E-state index < -0.39 is 0 Å². The molecule has 1 aromatic heterocycles. The largest absolute Gasteiger partial charge is 0.383 e. The van der Waals surface area contributed by atoms with Gasteiger partial charge in [-0.3, -0.25) is 4.79 Å². The van der Waals surface area contributed by atoms with Crippen LogP contribution in [-0.4, -0.2) is 44.7 Å². The highest BCUT2D eigenvalue weighted by atomic mass is 32.1. The van der Waals surface area contributed by atoms with Crippen LogP contribution in [0, 0.1) is 0 Å². The maximum atomic E-state index is 12.1. The van der Waals surface area contributed by atoms with Gasteiger partial charge in [0.25, 0.3) is 5.91 Å². The van der Waals surface area contributed by atoms with E-state index in [-0.39, 0.29) is 17.8 Å². The third-order valence-corrected chi connectivity index (χ3v) is 3.66. The first kappa shape index (κ1) is 14.7. The average molecular weight is 272 g/mol. The van der Waals surface area contributed by atoms with Crippen LogP contribution in [0.5, 0.6) is 0 Å². The van der Waals surface area contributed by atoms with Gasteiger partial charge in [-0.2, -0.15) is 0 Å². The number of ether oxygens (including phenoxy) is 1. The Morgan fingerprint density at radius 3 is 2.72 bits per heavy atom. The number of thiazole rings is 1. The highest BCUT2D eigenvalue weighted by Crippen LogP contribution is 2.26. The fraction of sp³-hybridized carbons (Fsp3) is 0.636. The summed E-state index contributed by atoms with van der Waals surface area (Å²) in [5.74, 6) is 0.0791. The SMILES string of the molecule is CCC(COC)NC(=O)c1sc(N(C)C)nc1N. The minimum atomic E-state index is -0.193. The monoisotopic (exact) mass is 272 g/mol. The molecular formula is C11H20N4O2S. The van der Waals surface area contributed by atoms with Crippen molar-refractivity contribution in [2.24, 2.45) is 0 Å². The Balaban J connectivity index is 2.77. The van der Waals surface area contributed by atoms with E-state index in [4.69, 9.17) is 10.5 Å². The summed E-state index contributed by atoms with van der Waals surface area (Å²) in [6.45, 7) is 2.48. The second-order valence-corrected chi connectivity index (χ2v) is 5.12. The van der Waals surface area contributed by atoms with E-state index in [0.29, 0.717) is 11.5 Å². The Labute approximate surface area is 111 Å². The van der Waals surface area contributed by atoms with Gasteiger partial charge < -0.3 is 20.7 Å². The zero-order valence-corrected chi connectivity index (χ0v) is 12.0. The fourth-order valence-electron chi connectivity index (χ4n) is 1.39. The maximum absolute atomic E-state index is 12.1. The van der Waals surface area contributed by atoms with E-state index in [1.165, 1.54) is 11.3 Å². The molecule has 3 N–H and O–H groups in total. The van der Waals surface area contributed by atoms with Crippen molar-refractivity contribution in [1.29, 1.82) is 0 Å². The van der Waals surface area contributed by atoms with Crippen LogP contribution in [-0.2, 0) is 4.74 Å². The normalized spacial score (nSPS) is 12.2. The maximum Gasteiger partial charge on any atom is 0.265 e. The van der Waals surface area contributed by atoms with E-state index in [2.05, 4.69) is 10.3 Å². The van der Waals surface area contributed by atoms with Crippen LogP contribution < -0.4 is 16.0 Å². The number of hydrogen-bond donors (Lipinski definition) is 2. The number of nitrogen functional groups attached to an aromatic ring is 1. The number of nitrogens with two attached hydrogens (primary N) is 1. The first-order valence-electron chi connectivity index (χ1n) is 5.73. The molecule has 6 nitrogen and oxygen atoms in total. The molecule has 0 spiro atoms. The fourth-order valence-corrected chi connectivity index (χ4v) is 2.20. The summed E-state index contributed by atoms with van der Waals surface area (Å²) < 4.78 is 5.04. The van der Waals surface area contributed by atoms with E-state index in [0.717, 1.165) is 11.6 Å². The van der Waals surface area contributed by atoms with Crippen LogP contribution in [0.15, 0.2) is 0 Å². The van der Waals surface area contributed by atoms with Gasteiger partial charge in [-0.25, -0.2) is 4.98 Å². The number of anilines is 2. The van der Waals surface area contributed by atoms with Gasteiger partial charge in [0.1, 0.15) is 10.7 Å². The van der Waals surface area contributed by atoms with E-state index in [9.17, 15) is 4.79 Å². The first-order valence-corrected chi connectivity index (χ1v) is 6.54. The van der Waals surface area contributed by atoms with Crippen molar-refractivity contribution in [2.75, 3.05) is 38.4 Å². The lowest BCUT2D eigenvalue weighted by Gasteiger charge is -2.15. The number of nitrogens with zero attached hydrogens (tertiary/aromatic N) is 2. The van der Waals surface area contributed by atoms with Gasteiger partial charge in [0, 0.05) is 21.2 Å². The Kier molecular flexibility index (Phi) is 5.36. The summed E-state index contributed by atoms with van der Waals surface area (Å²) in [6, 6.07) is -0.00759. The predicted octanol–water partition coefficient (Wildman–Crippen LogP) is 0.946.